The average molecular weight is 462 g/mol. The van der Waals surface area contributed by atoms with E-state index in [0.29, 0.717) is 0 Å². The summed E-state index contributed by atoms with van der Waals surface area (Å²) in [6.07, 6.45) is -4.11. The number of ether oxygens (including phenoxy) is 2. The number of carboxylic acid groups (broad SMARTS) is 1. The van der Waals surface area contributed by atoms with E-state index in [1.54, 1.807) is 0 Å². The minimum absolute atomic E-state index is 0.0558. The number of anilines is 1. The third kappa shape index (κ3) is 5.13. The highest BCUT2D eigenvalue weighted by molar-refractivity contribution is 7.46. The third-order valence-electron chi connectivity index (χ3n) is 4.33. The Hall–Kier alpha value is -2.72. The molecule has 0 amide bonds. The molecule has 0 aromatic carbocycles. The first kappa shape index (κ1) is 23.0. The molecule has 0 spiro atoms. The second kappa shape index (κ2) is 8.80. The molecule has 1 aliphatic heterocycles. The molecule has 3 heterocycles. The molecule has 2 aromatic heterocycles. The van der Waals surface area contributed by atoms with Gasteiger partial charge in [0.05, 0.1) is 19.4 Å². The minimum atomic E-state index is -4.92. The van der Waals surface area contributed by atoms with Gasteiger partial charge in [0.25, 0.3) is 0 Å². The van der Waals surface area contributed by atoms with Crippen molar-refractivity contribution < 1.29 is 48.2 Å². The normalized spacial score (nSPS) is 24.9. The number of esters is 1. The van der Waals surface area contributed by atoms with Crippen molar-refractivity contribution in [2.45, 2.75) is 37.0 Å². The first-order valence-corrected chi connectivity index (χ1v) is 10.2. The zero-order chi connectivity index (χ0) is 22.9. The number of carbonyl (C=O) groups is 2. The number of nitrogens with zero attached hydrogens (tertiary/aromatic N) is 4. The van der Waals surface area contributed by atoms with Crippen LogP contribution in [0.5, 0.6) is 0 Å². The summed E-state index contributed by atoms with van der Waals surface area (Å²) >= 11 is 0. The molecule has 3 rings (SSSR count). The van der Waals surface area contributed by atoms with E-state index in [0.717, 1.165) is 6.33 Å². The number of aromatic nitrogens is 4. The maximum Gasteiger partial charge on any atom is 0.469 e. The molecule has 1 fully saturated rings. The number of nitrogen functional groups attached to an aromatic ring is 1. The number of carboxylic acids is 1. The Morgan fingerprint density at radius 2 is 2.03 bits per heavy atom. The zero-order valence-electron chi connectivity index (χ0n) is 15.6. The molecule has 0 radical (unpaired) electrons. The molecule has 31 heavy (non-hydrogen) atoms. The molecular formula is C14H19N6O10P. The van der Waals surface area contributed by atoms with Crippen LogP contribution in [0.25, 0.3) is 11.2 Å². The van der Waals surface area contributed by atoms with Gasteiger partial charge in [0.1, 0.15) is 30.1 Å². The Kier molecular flexibility index (Phi) is 6.51. The maximum atomic E-state index is 12.1. The van der Waals surface area contributed by atoms with Crippen LogP contribution in [0.15, 0.2) is 12.7 Å². The highest BCUT2D eigenvalue weighted by atomic mass is 31.2. The predicted molar refractivity (Wildman–Crippen MR) is 97.8 cm³/mol. The van der Waals surface area contributed by atoms with Crippen LogP contribution >= 0.6 is 7.82 Å². The summed E-state index contributed by atoms with van der Waals surface area (Å²) in [7, 11) is -4.92. The number of aliphatic hydroxyl groups excluding tert-OH is 1. The van der Waals surface area contributed by atoms with Gasteiger partial charge in [-0.2, -0.15) is 0 Å². The highest BCUT2D eigenvalue weighted by Crippen LogP contribution is 2.39. The van der Waals surface area contributed by atoms with Crippen LogP contribution in [-0.2, 0) is 28.2 Å². The monoisotopic (exact) mass is 462 g/mol. The standard InChI is InChI=1S/C14H19N6O10P/c15-5(1-7(21)22)14(24)30-10-6(2-28-31(25,26)27)29-13(9(10)23)20-4-19-8-11(16)17-3-18-12(8)20/h3-6,9-10,13,23H,1-2,15H2,(H,21,22)(H2,16,17,18)(H2,25,26,27). The fourth-order valence-electron chi connectivity index (χ4n) is 2.95. The van der Waals surface area contributed by atoms with Gasteiger partial charge in [-0.1, -0.05) is 0 Å². The molecule has 0 bridgehead atoms. The molecule has 1 aliphatic rings. The summed E-state index contributed by atoms with van der Waals surface area (Å²) in [6, 6.07) is -1.55. The van der Waals surface area contributed by atoms with E-state index in [1.165, 1.54) is 10.9 Å². The summed E-state index contributed by atoms with van der Waals surface area (Å²) in [4.78, 5) is 52.6. The number of nitrogens with two attached hydrogens (primary N) is 2. The molecule has 1 saturated heterocycles. The van der Waals surface area contributed by atoms with Crippen molar-refractivity contribution in [2.24, 2.45) is 5.73 Å². The van der Waals surface area contributed by atoms with E-state index in [2.05, 4.69) is 19.5 Å². The van der Waals surface area contributed by atoms with Crippen LogP contribution in [0, 0.1) is 0 Å². The molecule has 8 N–H and O–H groups in total. The van der Waals surface area contributed by atoms with Crippen molar-refractivity contribution >= 4 is 36.7 Å². The second-order valence-corrected chi connectivity index (χ2v) is 7.77. The van der Waals surface area contributed by atoms with E-state index in [1.807, 2.05) is 0 Å². The molecular weight excluding hydrogens is 443 g/mol. The lowest BCUT2D eigenvalue weighted by Gasteiger charge is -2.22. The van der Waals surface area contributed by atoms with E-state index < -0.39 is 63.4 Å². The number of imidazole rings is 1. The number of carbonyl (C=O) groups excluding carboxylic acids is 1. The van der Waals surface area contributed by atoms with E-state index in [-0.39, 0.29) is 17.0 Å². The molecule has 16 nitrogen and oxygen atoms in total. The predicted octanol–water partition coefficient (Wildman–Crippen LogP) is -2.51. The molecule has 5 unspecified atom stereocenters. The van der Waals surface area contributed by atoms with Crippen molar-refractivity contribution in [3.05, 3.63) is 12.7 Å². The average Bonchev–Trinajstić information content (AvgIpc) is 3.22. The van der Waals surface area contributed by atoms with Crippen molar-refractivity contribution in [3.63, 3.8) is 0 Å². The van der Waals surface area contributed by atoms with Gasteiger partial charge in [-0.05, 0) is 0 Å². The molecule has 17 heteroatoms. The van der Waals surface area contributed by atoms with Crippen molar-refractivity contribution in [1.82, 2.24) is 19.5 Å². The quantitative estimate of drug-likeness (QED) is 0.175. The van der Waals surface area contributed by atoms with Crippen LogP contribution in [0.3, 0.4) is 0 Å². The lowest BCUT2D eigenvalue weighted by Crippen LogP contribution is -2.43. The Bertz CT molecular complexity index is 1030. The van der Waals surface area contributed by atoms with E-state index >= 15 is 0 Å². The fourth-order valence-corrected chi connectivity index (χ4v) is 3.29. The number of phosphoric ester groups is 1. The van der Waals surface area contributed by atoms with Gasteiger partial charge in [-0.15, -0.1) is 0 Å². The smallest absolute Gasteiger partial charge is 0.469 e. The largest absolute Gasteiger partial charge is 0.481 e. The third-order valence-corrected chi connectivity index (χ3v) is 4.81. The van der Waals surface area contributed by atoms with Crippen LogP contribution in [0.4, 0.5) is 5.82 Å². The van der Waals surface area contributed by atoms with Crippen LogP contribution in [-0.4, -0.2) is 82.4 Å². The SMILES string of the molecule is Nc1ncnc2c1ncn2C1OC(COP(=O)(O)O)C(OC(=O)C(N)CC(=O)O)C1O. The van der Waals surface area contributed by atoms with E-state index in [4.69, 9.17) is 35.8 Å². The van der Waals surface area contributed by atoms with Crippen molar-refractivity contribution in [2.75, 3.05) is 12.3 Å². The minimum Gasteiger partial charge on any atom is -0.481 e. The van der Waals surface area contributed by atoms with Gasteiger partial charge in [-0.25, -0.2) is 19.5 Å². The summed E-state index contributed by atoms with van der Waals surface area (Å²) < 4.78 is 27.4. The number of aliphatic hydroxyl groups is 1. The summed E-state index contributed by atoms with van der Waals surface area (Å²) in [5.74, 6) is -2.46. The Morgan fingerprint density at radius 3 is 2.68 bits per heavy atom. The number of aliphatic carboxylic acids is 1. The van der Waals surface area contributed by atoms with Gasteiger partial charge in [0, 0.05) is 0 Å². The Balaban J connectivity index is 1.87. The number of rotatable bonds is 8. The number of hydrogen-bond donors (Lipinski definition) is 6. The Morgan fingerprint density at radius 1 is 1.32 bits per heavy atom. The van der Waals surface area contributed by atoms with Gasteiger partial charge >= 0.3 is 19.8 Å². The topological polar surface area (TPSA) is 255 Å². The lowest BCUT2D eigenvalue weighted by atomic mass is 10.1. The van der Waals surface area contributed by atoms with Gasteiger partial charge in [0.15, 0.2) is 23.8 Å². The number of fused-ring (bicyclic) bond motifs is 1. The highest BCUT2D eigenvalue weighted by Gasteiger charge is 2.49. The first-order valence-electron chi connectivity index (χ1n) is 8.62. The fraction of sp³-hybridized carbons (Fsp3) is 0.500. The molecule has 5 atom stereocenters. The number of phosphoric acid groups is 1. The molecule has 0 aliphatic carbocycles. The molecule has 0 saturated carbocycles. The van der Waals surface area contributed by atoms with Gasteiger partial charge in [0.2, 0.25) is 0 Å². The lowest BCUT2D eigenvalue weighted by molar-refractivity contribution is -0.160. The maximum absolute atomic E-state index is 12.1. The van der Waals surface area contributed by atoms with Crippen LogP contribution < -0.4 is 11.5 Å². The van der Waals surface area contributed by atoms with E-state index in [9.17, 15) is 19.3 Å². The first-order chi connectivity index (χ1) is 14.5. The summed E-state index contributed by atoms with van der Waals surface area (Å²) in [5, 5.41) is 19.5. The summed E-state index contributed by atoms with van der Waals surface area (Å²) in [6.45, 7) is -0.770. The van der Waals surface area contributed by atoms with Crippen LogP contribution in [0.1, 0.15) is 12.6 Å². The van der Waals surface area contributed by atoms with Gasteiger partial charge in [-0.3, -0.25) is 18.7 Å². The van der Waals surface area contributed by atoms with Crippen molar-refractivity contribution in [1.29, 1.82) is 0 Å². The second-order valence-electron chi connectivity index (χ2n) is 6.53. The molecule has 170 valence electrons. The zero-order valence-corrected chi connectivity index (χ0v) is 16.5. The molecule has 2 aromatic rings. The van der Waals surface area contributed by atoms with Gasteiger partial charge < -0.3 is 40.9 Å². The van der Waals surface area contributed by atoms with Crippen LogP contribution in [0.2, 0.25) is 0 Å². The van der Waals surface area contributed by atoms with Crippen molar-refractivity contribution in [3.8, 4) is 0 Å². The Labute approximate surface area is 173 Å². The summed E-state index contributed by atoms with van der Waals surface area (Å²) in [5.41, 5.74) is 11.6. The number of hydrogen-bond acceptors (Lipinski definition) is 12.